The third-order valence-electron chi connectivity index (χ3n) is 11.9. The Bertz CT molecular complexity index is 1030. The minimum Gasteiger partial charge on any atom is -0.394 e. The Balaban J connectivity index is 2.32. The fraction of sp³-hybridized carbons (Fsp3) is 0.863. The first-order chi connectivity index (χ1) is 29.3. The molecular weight excluding hydrogens is 755 g/mol. The molecule has 6 N–H and O–H groups in total. The number of carbonyl (C=O) groups excluding carboxylic acids is 1. The van der Waals surface area contributed by atoms with Crippen LogP contribution in [0, 0.1) is 0 Å². The van der Waals surface area contributed by atoms with Gasteiger partial charge in [-0.2, -0.15) is 0 Å². The van der Waals surface area contributed by atoms with Gasteiger partial charge in [0, 0.05) is 6.42 Å². The summed E-state index contributed by atoms with van der Waals surface area (Å²) in [4.78, 5) is 12.9. The molecule has 352 valence electrons. The maximum atomic E-state index is 12.9. The van der Waals surface area contributed by atoms with Crippen LogP contribution in [-0.2, 0) is 14.3 Å². The van der Waals surface area contributed by atoms with E-state index in [1.54, 1.807) is 6.08 Å². The second-order valence-electron chi connectivity index (χ2n) is 17.6. The van der Waals surface area contributed by atoms with Crippen LogP contribution >= 0.6 is 0 Å². The smallest absolute Gasteiger partial charge is 0.220 e. The number of hydrogen-bond acceptors (Lipinski definition) is 8. The molecule has 1 aliphatic heterocycles. The zero-order chi connectivity index (χ0) is 43.7. The summed E-state index contributed by atoms with van der Waals surface area (Å²) in [5.74, 6) is -0.190. The van der Waals surface area contributed by atoms with Crippen LogP contribution in [0.5, 0.6) is 0 Å². The highest BCUT2D eigenvalue weighted by molar-refractivity contribution is 5.76. The average Bonchev–Trinajstić information content (AvgIpc) is 3.25. The molecule has 0 aromatic carbocycles. The van der Waals surface area contributed by atoms with Crippen molar-refractivity contribution in [1.29, 1.82) is 0 Å². The highest BCUT2D eigenvalue weighted by Gasteiger charge is 2.44. The lowest BCUT2D eigenvalue weighted by atomic mass is 9.99. The first-order valence-electron chi connectivity index (χ1n) is 25.2. The van der Waals surface area contributed by atoms with Gasteiger partial charge in [-0.3, -0.25) is 4.79 Å². The first-order valence-corrected chi connectivity index (χ1v) is 25.2. The number of aliphatic hydroxyl groups is 5. The molecule has 0 aromatic rings. The Kier molecular flexibility index (Phi) is 39.0. The number of rotatable bonds is 42. The number of amides is 1. The van der Waals surface area contributed by atoms with E-state index in [1.165, 1.54) is 161 Å². The SMILES string of the molecule is CCCCCCCCCCCCCCCC/C=C/CC/C=C/CC/C=C/C(O)C(COC1OC(CO)C(O)C(O)C1O)NC(=O)CCCCCCCCCCCCCCC. The van der Waals surface area contributed by atoms with Crippen LogP contribution in [0.15, 0.2) is 36.5 Å². The summed E-state index contributed by atoms with van der Waals surface area (Å²) < 4.78 is 11.2. The number of nitrogens with one attached hydrogen (secondary N) is 1. The van der Waals surface area contributed by atoms with Crippen molar-refractivity contribution < 1.29 is 39.8 Å². The van der Waals surface area contributed by atoms with E-state index in [4.69, 9.17) is 9.47 Å². The van der Waals surface area contributed by atoms with E-state index in [1.807, 2.05) is 6.08 Å². The number of ether oxygens (including phenoxy) is 2. The standard InChI is InChI=1S/C51H95NO8/c1-3-5-7-9-11-13-15-17-18-19-20-21-22-23-24-25-26-27-29-30-32-34-36-38-40-45(54)44(43-59-51-50(58)49(57)48(56)46(42-53)60-51)52-47(55)41-39-37-35-33-31-28-16-14-12-10-8-6-4-2/h25-26,30,32,38,40,44-46,48-51,53-54,56-58H,3-24,27-29,31,33-37,39,41-43H2,1-2H3,(H,52,55)/b26-25+,32-30+,40-38+. The summed E-state index contributed by atoms with van der Waals surface area (Å²) in [6.07, 6.45) is 44.9. The van der Waals surface area contributed by atoms with Crippen molar-refractivity contribution in [3.63, 3.8) is 0 Å². The van der Waals surface area contributed by atoms with Gasteiger partial charge in [0.05, 0.1) is 25.4 Å². The van der Waals surface area contributed by atoms with Gasteiger partial charge in [0.15, 0.2) is 6.29 Å². The fourth-order valence-corrected chi connectivity index (χ4v) is 7.89. The molecular formula is C51H95NO8. The zero-order valence-corrected chi connectivity index (χ0v) is 38.7. The van der Waals surface area contributed by atoms with Gasteiger partial charge in [-0.05, 0) is 44.9 Å². The average molecular weight is 850 g/mol. The lowest BCUT2D eigenvalue weighted by Crippen LogP contribution is -2.60. The molecule has 9 nitrogen and oxygen atoms in total. The molecule has 7 atom stereocenters. The molecule has 60 heavy (non-hydrogen) atoms. The lowest BCUT2D eigenvalue weighted by Gasteiger charge is -2.40. The van der Waals surface area contributed by atoms with Crippen LogP contribution in [0.4, 0.5) is 0 Å². The predicted octanol–water partition coefficient (Wildman–Crippen LogP) is 11.2. The molecule has 0 aromatic heterocycles. The van der Waals surface area contributed by atoms with Crippen LogP contribution < -0.4 is 5.32 Å². The number of unbranched alkanes of at least 4 members (excludes halogenated alkanes) is 28. The summed E-state index contributed by atoms with van der Waals surface area (Å²) >= 11 is 0. The van der Waals surface area contributed by atoms with E-state index in [9.17, 15) is 30.3 Å². The Morgan fingerprint density at radius 2 is 0.950 bits per heavy atom. The third kappa shape index (κ3) is 31.3. The highest BCUT2D eigenvalue weighted by atomic mass is 16.7. The molecule has 9 heteroatoms. The van der Waals surface area contributed by atoms with Crippen molar-refractivity contribution in [2.75, 3.05) is 13.2 Å². The molecule has 7 unspecified atom stereocenters. The van der Waals surface area contributed by atoms with Gasteiger partial charge < -0.3 is 40.3 Å². The van der Waals surface area contributed by atoms with Gasteiger partial charge in [0.25, 0.3) is 0 Å². The van der Waals surface area contributed by atoms with E-state index in [-0.39, 0.29) is 12.5 Å². The molecule has 1 rings (SSSR count). The van der Waals surface area contributed by atoms with Crippen LogP contribution in [0.25, 0.3) is 0 Å². The second kappa shape index (κ2) is 41.4. The fourth-order valence-electron chi connectivity index (χ4n) is 7.89. The van der Waals surface area contributed by atoms with Crippen LogP contribution in [0.1, 0.15) is 226 Å². The quantitative estimate of drug-likeness (QED) is 0.0263. The third-order valence-corrected chi connectivity index (χ3v) is 11.9. The van der Waals surface area contributed by atoms with E-state index < -0.39 is 49.5 Å². The molecule has 0 aliphatic carbocycles. The zero-order valence-electron chi connectivity index (χ0n) is 38.7. The van der Waals surface area contributed by atoms with Crippen molar-refractivity contribution in [2.45, 2.75) is 269 Å². The van der Waals surface area contributed by atoms with Gasteiger partial charge >= 0.3 is 0 Å². The maximum absolute atomic E-state index is 12.9. The van der Waals surface area contributed by atoms with E-state index >= 15 is 0 Å². The molecule has 0 spiro atoms. The Hall–Kier alpha value is -1.59. The molecule has 1 fully saturated rings. The molecule has 0 bridgehead atoms. The van der Waals surface area contributed by atoms with Crippen molar-refractivity contribution >= 4 is 5.91 Å². The summed E-state index contributed by atoms with van der Waals surface area (Å²) in [7, 11) is 0. The second-order valence-corrected chi connectivity index (χ2v) is 17.6. The van der Waals surface area contributed by atoms with Gasteiger partial charge in [-0.25, -0.2) is 0 Å². The molecule has 0 radical (unpaired) electrons. The van der Waals surface area contributed by atoms with Crippen molar-refractivity contribution in [3.8, 4) is 0 Å². The van der Waals surface area contributed by atoms with E-state index in [2.05, 4.69) is 43.5 Å². The van der Waals surface area contributed by atoms with E-state index in [0.29, 0.717) is 6.42 Å². The largest absolute Gasteiger partial charge is 0.394 e. The van der Waals surface area contributed by atoms with E-state index in [0.717, 1.165) is 44.9 Å². The molecule has 0 saturated carbocycles. The summed E-state index contributed by atoms with van der Waals surface area (Å²) in [5.41, 5.74) is 0. The van der Waals surface area contributed by atoms with Gasteiger partial charge in [-0.15, -0.1) is 0 Å². The molecule has 1 aliphatic rings. The van der Waals surface area contributed by atoms with Crippen LogP contribution in [0.2, 0.25) is 0 Å². The van der Waals surface area contributed by atoms with Crippen LogP contribution in [-0.4, -0.2) is 87.5 Å². The molecule has 1 saturated heterocycles. The normalized spacial score (nSPS) is 20.8. The van der Waals surface area contributed by atoms with Gasteiger partial charge in [0.1, 0.15) is 24.4 Å². The first kappa shape index (κ1) is 56.4. The maximum Gasteiger partial charge on any atom is 0.220 e. The Morgan fingerprint density at radius 3 is 1.40 bits per heavy atom. The van der Waals surface area contributed by atoms with Crippen molar-refractivity contribution in [1.82, 2.24) is 5.32 Å². The number of aliphatic hydroxyl groups excluding tert-OH is 5. The summed E-state index contributed by atoms with van der Waals surface area (Å²) in [5, 5.41) is 54.2. The number of hydrogen-bond donors (Lipinski definition) is 6. The van der Waals surface area contributed by atoms with Crippen molar-refractivity contribution in [2.24, 2.45) is 0 Å². The topological polar surface area (TPSA) is 149 Å². The number of carbonyl (C=O) groups is 1. The predicted molar refractivity (Wildman–Crippen MR) is 249 cm³/mol. The minimum absolute atomic E-state index is 0.190. The highest BCUT2D eigenvalue weighted by Crippen LogP contribution is 2.23. The van der Waals surface area contributed by atoms with Crippen LogP contribution in [0.3, 0.4) is 0 Å². The van der Waals surface area contributed by atoms with Gasteiger partial charge in [-0.1, -0.05) is 211 Å². The van der Waals surface area contributed by atoms with Gasteiger partial charge in [0.2, 0.25) is 5.91 Å². The monoisotopic (exact) mass is 850 g/mol. The molecule has 1 amide bonds. The van der Waals surface area contributed by atoms with Crippen molar-refractivity contribution in [3.05, 3.63) is 36.5 Å². The summed E-state index contributed by atoms with van der Waals surface area (Å²) in [6, 6.07) is -0.824. The molecule has 1 heterocycles. The lowest BCUT2D eigenvalue weighted by molar-refractivity contribution is -0.302. The summed E-state index contributed by atoms with van der Waals surface area (Å²) in [6.45, 7) is 3.76. The minimum atomic E-state index is -1.57. The Labute approximate surface area is 368 Å². The number of allylic oxidation sites excluding steroid dienone is 5. The Morgan fingerprint density at radius 1 is 0.550 bits per heavy atom.